The van der Waals surface area contributed by atoms with E-state index in [0.29, 0.717) is 5.89 Å². The molecule has 0 unspecified atom stereocenters. The molecule has 0 saturated carbocycles. The van der Waals surface area contributed by atoms with E-state index >= 15 is 0 Å². The first-order valence-corrected chi connectivity index (χ1v) is 8.25. The molecule has 24 heavy (non-hydrogen) atoms. The van der Waals surface area contributed by atoms with Crippen LogP contribution in [-0.4, -0.2) is 10.7 Å². The summed E-state index contributed by atoms with van der Waals surface area (Å²) in [5.41, 5.74) is 6.42. The van der Waals surface area contributed by atoms with E-state index < -0.39 is 0 Å². The van der Waals surface area contributed by atoms with Crippen molar-refractivity contribution in [2.45, 2.75) is 34.1 Å². The van der Waals surface area contributed by atoms with E-state index in [1.165, 1.54) is 5.56 Å². The lowest BCUT2D eigenvalue weighted by Crippen LogP contribution is -1.84. The topological polar surface area (TPSA) is 38.4 Å². The molecule has 2 aromatic carbocycles. The van der Waals surface area contributed by atoms with E-state index in [1.54, 1.807) is 6.20 Å². The standard InChI is InChI=1S/C21H22N2O/c1-5-16-7-10-17(11-8-16)20-13-22-21(24-20)18-9-6-15(4)19(12-18)23-14(2)3/h6-13H,5H2,1-4H3. The van der Waals surface area contributed by atoms with Crippen molar-refractivity contribution < 1.29 is 4.42 Å². The number of rotatable bonds is 4. The molecule has 0 aliphatic heterocycles. The van der Waals surface area contributed by atoms with Crippen molar-refractivity contribution >= 4 is 11.4 Å². The minimum atomic E-state index is 0.620. The first kappa shape index (κ1) is 16.2. The van der Waals surface area contributed by atoms with Crippen molar-refractivity contribution in [1.82, 2.24) is 4.98 Å². The first-order chi connectivity index (χ1) is 11.6. The van der Waals surface area contributed by atoms with Gasteiger partial charge in [-0.3, -0.25) is 4.99 Å². The third-order valence-corrected chi connectivity index (χ3v) is 3.95. The van der Waals surface area contributed by atoms with Crippen LogP contribution in [0.4, 0.5) is 5.69 Å². The Morgan fingerprint density at radius 1 is 1.04 bits per heavy atom. The summed E-state index contributed by atoms with van der Waals surface area (Å²) in [5.74, 6) is 1.40. The van der Waals surface area contributed by atoms with Gasteiger partial charge >= 0.3 is 0 Å². The number of hydrogen-bond donors (Lipinski definition) is 0. The molecule has 122 valence electrons. The second-order valence-electron chi connectivity index (χ2n) is 6.14. The average Bonchev–Trinajstić information content (AvgIpc) is 3.06. The summed E-state index contributed by atoms with van der Waals surface area (Å²) in [6, 6.07) is 14.5. The highest BCUT2D eigenvalue weighted by Crippen LogP contribution is 2.30. The Morgan fingerprint density at radius 3 is 2.42 bits per heavy atom. The van der Waals surface area contributed by atoms with Gasteiger partial charge in [-0.15, -0.1) is 0 Å². The van der Waals surface area contributed by atoms with Gasteiger partial charge in [0.05, 0.1) is 11.9 Å². The molecule has 0 bridgehead atoms. The van der Waals surface area contributed by atoms with Gasteiger partial charge < -0.3 is 4.42 Å². The zero-order valence-electron chi connectivity index (χ0n) is 14.6. The van der Waals surface area contributed by atoms with Gasteiger partial charge in [-0.25, -0.2) is 4.98 Å². The highest BCUT2D eigenvalue weighted by Gasteiger charge is 2.10. The van der Waals surface area contributed by atoms with Crippen LogP contribution >= 0.6 is 0 Å². The van der Waals surface area contributed by atoms with Crippen LogP contribution in [0.3, 0.4) is 0 Å². The van der Waals surface area contributed by atoms with Gasteiger partial charge in [0.25, 0.3) is 0 Å². The third-order valence-electron chi connectivity index (χ3n) is 3.95. The van der Waals surface area contributed by atoms with Crippen LogP contribution in [0.2, 0.25) is 0 Å². The number of benzene rings is 2. The molecule has 0 radical (unpaired) electrons. The molecule has 0 N–H and O–H groups in total. The summed E-state index contributed by atoms with van der Waals surface area (Å²) in [5, 5.41) is 0. The second-order valence-corrected chi connectivity index (χ2v) is 6.14. The predicted octanol–water partition coefficient (Wildman–Crippen LogP) is 5.99. The van der Waals surface area contributed by atoms with Gasteiger partial charge in [0, 0.05) is 16.8 Å². The van der Waals surface area contributed by atoms with Crippen LogP contribution in [0, 0.1) is 6.92 Å². The van der Waals surface area contributed by atoms with Crippen molar-refractivity contribution in [3.63, 3.8) is 0 Å². The van der Waals surface area contributed by atoms with Crippen molar-refractivity contribution in [3.8, 4) is 22.8 Å². The maximum absolute atomic E-state index is 5.97. The zero-order valence-corrected chi connectivity index (χ0v) is 14.6. The van der Waals surface area contributed by atoms with Crippen LogP contribution in [0.15, 0.2) is 58.1 Å². The fourth-order valence-corrected chi connectivity index (χ4v) is 2.55. The minimum absolute atomic E-state index is 0.620. The van der Waals surface area contributed by atoms with Gasteiger partial charge in [0.15, 0.2) is 5.76 Å². The highest BCUT2D eigenvalue weighted by molar-refractivity contribution is 5.83. The molecule has 0 fully saturated rings. The fourth-order valence-electron chi connectivity index (χ4n) is 2.55. The van der Waals surface area contributed by atoms with Gasteiger partial charge in [0.1, 0.15) is 0 Å². The summed E-state index contributed by atoms with van der Waals surface area (Å²) in [7, 11) is 0. The van der Waals surface area contributed by atoms with Crippen molar-refractivity contribution in [2.75, 3.05) is 0 Å². The SMILES string of the molecule is CCc1ccc(-c2cnc(-c3ccc(C)c(N=C(C)C)c3)o2)cc1. The predicted molar refractivity (Wildman–Crippen MR) is 99.9 cm³/mol. The summed E-state index contributed by atoms with van der Waals surface area (Å²) in [6.45, 7) is 8.20. The van der Waals surface area contributed by atoms with Crippen LogP contribution in [0.5, 0.6) is 0 Å². The number of hydrogen-bond acceptors (Lipinski definition) is 3. The van der Waals surface area contributed by atoms with Crippen LogP contribution < -0.4 is 0 Å². The highest BCUT2D eigenvalue weighted by atomic mass is 16.4. The van der Waals surface area contributed by atoms with Crippen molar-refractivity contribution in [3.05, 3.63) is 59.8 Å². The lowest BCUT2D eigenvalue weighted by Gasteiger charge is -2.03. The molecular weight excluding hydrogens is 296 g/mol. The summed E-state index contributed by atoms with van der Waals surface area (Å²) in [4.78, 5) is 9.02. The van der Waals surface area contributed by atoms with E-state index in [2.05, 4.69) is 54.2 Å². The number of nitrogens with zero attached hydrogens (tertiary/aromatic N) is 2. The monoisotopic (exact) mass is 318 g/mol. The van der Waals surface area contributed by atoms with E-state index in [1.807, 2.05) is 26.0 Å². The zero-order chi connectivity index (χ0) is 17.1. The number of aliphatic imine (C=N–C) groups is 1. The Hall–Kier alpha value is -2.68. The maximum Gasteiger partial charge on any atom is 0.226 e. The van der Waals surface area contributed by atoms with Crippen LogP contribution in [-0.2, 0) is 6.42 Å². The minimum Gasteiger partial charge on any atom is -0.436 e. The molecule has 3 heteroatoms. The summed E-state index contributed by atoms with van der Waals surface area (Å²) in [6.07, 6.45) is 2.82. The summed E-state index contributed by atoms with van der Waals surface area (Å²) >= 11 is 0. The van der Waals surface area contributed by atoms with Gasteiger partial charge in [-0.05, 0) is 50.5 Å². The number of aromatic nitrogens is 1. The molecule has 0 spiro atoms. The lowest BCUT2D eigenvalue weighted by atomic mass is 10.1. The lowest BCUT2D eigenvalue weighted by molar-refractivity contribution is 0.589. The smallest absolute Gasteiger partial charge is 0.226 e. The maximum atomic E-state index is 5.97. The molecule has 0 amide bonds. The Morgan fingerprint density at radius 2 is 1.75 bits per heavy atom. The molecule has 0 saturated heterocycles. The van der Waals surface area contributed by atoms with Crippen LogP contribution in [0.25, 0.3) is 22.8 Å². The van der Waals surface area contributed by atoms with E-state index in [4.69, 9.17) is 4.42 Å². The first-order valence-electron chi connectivity index (χ1n) is 8.25. The average molecular weight is 318 g/mol. The molecule has 0 aliphatic carbocycles. The second kappa shape index (κ2) is 6.83. The van der Waals surface area contributed by atoms with E-state index in [9.17, 15) is 0 Å². The Kier molecular flexibility index (Phi) is 4.61. The van der Waals surface area contributed by atoms with E-state index in [0.717, 1.165) is 40.3 Å². The van der Waals surface area contributed by atoms with Gasteiger partial charge in [-0.1, -0.05) is 37.3 Å². The molecule has 3 nitrogen and oxygen atoms in total. The van der Waals surface area contributed by atoms with Gasteiger partial charge in [0.2, 0.25) is 5.89 Å². The largest absolute Gasteiger partial charge is 0.436 e. The van der Waals surface area contributed by atoms with Crippen molar-refractivity contribution in [2.24, 2.45) is 4.99 Å². The van der Waals surface area contributed by atoms with Crippen molar-refractivity contribution in [1.29, 1.82) is 0 Å². The molecule has 0 atom stereocenters. The Bertz CT molecular complexity index is 869. The quantitative estimate of drug-likeness (QED) is 0.554. The van der Waals surface area contributed by atoms with Gasteiger partial charge in [-0.2, -0.15) is 0 Å². The van der Waals surface area contributed by atoms with E-state index in [-0.39, 0.29) is 0 Å². The molecule has 3 rings (SSSR count). The molecule has 1 heterocycles. The molecular formula is C21H22N2O. The summed E-state index contributed by atoms with van der Waals surface area (Å²) < 4.78 is 5.97. The Balaban J connectivity index is 1.94. The molecule has 0 aliphatic rings. The fraction of sp³-hybridized carbons (Fsp3) is 0.238. The Labute approximate surface area is 143 Å². The number of oxazole rings is 1. The molecule has 3 aromatic rings. The normalized spacial score (nSPS) is 10.7. The third kappa shape index (κ3) is 3.46. The van der Waals surface area contributed by atoms with Crippen LogP contribution in [0.1, 0.15) is 31.9 Å². The molecule has 1 aromatic heterocycles. The number of aryl methyl sites for hydroxylation is 2.